The molecule has 2 heterocycles. The predicted octanol–water partition coefficient (Wildman–Crippen LogP) is 2.26. The van der Waals surface area contributed by atoms with Crippen LogP contribution in [0.5, 0.6) is 0 Å². The molecule has 0 amide bonds. The van der Waals surface area contributed by atoms with Crippen LogP contribution in [0.2, 0.25) is 0 Å². The van der Waals surface area contributed by atoms with Crippen molar-refractivity contribution in [2.75, 3.05) is 0 Å². The first-order chi connectivity index (χ1) is 9.61. The topological polar surface area (TPSA) is 68.0 Å². The second kappa shape index (κ2) is 4.77. The van der Waals surface area contributed by atoms with Crippen molar-refractivity contribution in [2.24, 2.45) is 7.05 Å². The minimum atomic E-state index is -0.835. The molecular weight excluding hydrogens is 254 g/mol. The fourth-order valence-corrected chi connectivity index (χ4v) is 2.17. The molecule has 0 aliphatic heterocycles. The van der Waals surface area contributed by atoms with Crippen LogP contribution in [-0.4, -0.2) is 25.8 Å². The standard InChI is InChI=1S/C15H13N3O2/c1-18-5-4-14(17-18)12-8-11-6-10(7-15(19)20)2-3-13(11)16-9-12/h2-6,8-9H,7H2,1H3,(H,19,20). The second-order valence-corrected chi connectivity index (χ2v) is 4.70. The summed E-state index contributed by atoms with van der Waals surface area (Å²) in [6.07, 6.45) is 3.67. The van der Waals surface area contributed by atoms with Crippen LogP contribution in [0.4, 0.5) is 0 Å². The molecule has 0 saturated heterocycles. The number of rotatable bonds is 3. The van der Waals surface area contributed by atoms with Gasteiger partial charge in [0, 0.05) is 30.4 Å². The summed E-state index contributed by atoms with van der Waals surface area (Å²) in [5, 5.41) is 14.1. The Bertz CT molecular complexity index is 793. The van der Waals surface area contributed by atoms with Crippen LogP contribution in [0.25, 0.3) is 22.2 Å². The van der Waals surface area contributed by atoms with Gasteiger partial charge in [0.15, 0.2) is 0 Å². The van der Waals surface area contributed by atoms with E-state index in [0.717, 1.165) is 27.7 Å². The molecule has 3 rings (SSSR count). The van der Waals surface area contributed by atoms with E-state index >= 15 is 0 Å². The van der Waals surface area contributed by atoms with Crippen molar-refractivity contribution in [3.63, 3.8) is 0 Å². The maximum Gasteiger partial charge on any atom is 0.307 e. The zero-order valence-corrected chi connectivity index (χ0v) is 10.9. The van der Waals surface area contributed by atoms with Gasteiger partial charge in [-0.05, 0) is 29.8 Å². The fourth-order valence-electron chi connectivity index (χ4n) is 2.17. The number of benzene rings is 1. The Morgan fingerprint density at radius 2 is 2.15 bits per heavy atom. The number of aliphatic carboxylic acids is 1. The number of nitrogens with zero attached hydrogens (tertiary/aromatic N) is 3. The van der Waals surface area contributed by atoms with Gasteiger partial charge in [-0.25, -0.2) is 0 Å². The number of carbonyl (C=O) groups is 1. The summed E-state index contributed by atoms with van der Waals surface area (Å²) in [5.41, 5.74) is 3.39. The van der Waals surface area contributed by atoms with E-state index in [9.17, 15) is 4.79 Å². The van der Waals surface area contributed by atoms with Gasteiger partial charge >= 0.3 is 5.97 Å². The SMILES string of the molecule is Cn1ccc(-c2cnc3ccc(CC(=O)O)cc3c2)n1. The van der Waals surface area contributed by atoms with Crippen LogP contribution >= 0.6 is 0 Å². The van der Waals surface area contributed by atoms with Gasteiger partial charge in [-0.1, -0.05) is 6.07 Å². The summed E-state index contributed by atoms with van der Waals surface area (Å²) in [6.45, 7) is 0. The van der Waals surface area contributed by atoms with Gasteiger partial charge < -0.3 is 5.11 Å². The largest absolute Gasteiger partial charge is 0.481 e. The normalized spacial score (nSPS) is 10.8. The van der Waals surface area contributed by atoms with E-state index in [1.807, 2.05) is 37.5 Å². The van der Waals surface area contributed by atoms with E-state index in [1.165, 1.54) is 0 Å². The lowest BCUT2D eigenvalue weighted by atomic mass is 10.1. The number of aryl methyl sites for hydroxylation is 1. The third kappa shape index (κ3) is 2.38. The lowest BCUT2D eigenvalue weighted by Gasteiger charge is -2.03. The number of carboxylic acids is 1. The Hall–Kier alpha value is -2.69. The Morgan fingerprint density at radius 1 is 1.30 bits per heavy atom. The lowest BCUT2D eigenvalue weighted by Crippen LogP contribution is -1.99. The van der Waals surface area contributed by atoms with Crippen molar-refractivity contribution in [1.29, 1.82) is 0 Å². The third-order valence-corrected chi connectivity index (χ3v) is 3.11. The molecule has 3 aromatic rings. The average molecular weight is 267 g/mol. The van der Waals surface area contributed by atoms with Crippen molar-refractivity contribution in [2.45, 2.75) is 6.42 Å². The summed E-state index contributed by atoms with van der Waals surface area (Å²) in [5.74, 6) is -0.835. The van der Waals surface area contributed by atoms with Crippen LogP contribution in [0.1, 0.15) is 5.56 Å². The van der Waals surface area contributed by atoms with Crippen molar-refractivity contribution in [3.8, 4) is 11.3 Å². The molecule has 0 bridgehead atoms. The molecule has 0 unspecified atom stereocenters. The Kier molecular flexibility index (Phi) is 2.95. The van der Waals surface area contributed by atoms with E-state index in [2.05, 4.69) is 10.1 Å². The number of carboxylic acid groups (broad SMARTS) is 1. The molecule has 100 valence electrons. The van der Waals surface area contributed by atoms with E-state index in [0.29, 0.717) is 0 Å². The maximum absolute atomic E-state index is 10.8. The molecule has 0 atom stereocenters. The van der Waals surface area contributed by atoms with Crippen molar-refractivity contribution >= 4 is 16.9 Å². The van der Waals surface area contributed by atoms with Crippen LogP contribution in [0.15, 0.2) is 42.7 Å². The smallest absolute Gasteiger partial charge is 0.307 e. The highest BCUT2D eigenvalue weighted by Gasteiger charge is 2.06. The monoisotopic (exact) mass is 267 g/mol. The van der Waals surface area contributed by atoms with E-state index in [1.54, 1.807) is 16.9 Å². The summed E-state index contributed by atoms with van der Waals surface area (Å²) in [6, 6.07) is 9.41. The Morgan fingerprint density at radius 3 is 2.85 bits per heavy atom. The van der Waals surface area contributed by atoms with Gasteiger partial charge in [-0.2, -0.15) is 5.10 Å². The minimum absolute atomic E-state index is 0.0176. The van der Waals surface area contributed by atoms with Crippen molar-refractivity contribution in [1.82, 2.24) is 14.8 Å². The molecule has 0 spiro atoms. The van der Waals surface area contributed by atoms with Gasteiger partial charge in [0.05, 0.1) is 17.6 Å². The minimum Gasteiger partial charge on any atom is -0.481 e. The van der Waals surface area contributed by atoms with Crippen LogP contribution in [0, 0.1) is 0 Å². The molecule has 0 aliphatic rings. The first-order valence-electron chi connectivity index (χ1n) is 6.22. The van der Waals surface area contributed by atoms with E-state index in [4.69, 9.17) is 5.11 Å². The van der Waals surface area contributed by atoms with E-state index in [-0.39, 0.29) is 6.42 Å². The molecule has 20 heavy (non-hydrogen) atoms. The van der Waals surface area contributed by atoms with Gasteiger partial charge in [-0.3, -0.25) is 14.5 Å². The van der Waals surface area contributed by atoms with Gasteiger partial charge in [0.1, 0.15) is 0 Å². The molecule has 0 fully saturated rings. The fraction of sp³-hybridized carbons (Fsp3) is 0.133. The Labute approximate surface area is 115 Å². The van der Waals surface area contributed by atoms with Crippen LogP contribution in [-0.2, 0) is 18.3 Å². The van der Waals surface area contributed by atoms with Gasteiger partial charge in [0.25, 0.3) is 0 Å². The molecule has 0 radical (unpaired) electrons. The number of hydrogen-bond donors (Lipinski definition) is 1. The maximum atomic E-state index is 10.8. The lowest BCUT2D eigenvalue weighted by molar-refractivity contribution is -0.136. The first kappa shape index (κ1) is 12.3. The molecule has 0 aliphatic carbocycles. The molecule has 2 aromatic heterocycles. The Balaban J connectivity index is 2.06. The van der Waals surface area contributed by atoms with Gasteiger partial charge in [0.2, 0.25) is 0 Å². The number of pyridine rings is 1. The molecule has 1 N–H and O–H groups in total. The van der Waals surface area contributed by atoms with Crippen LogP contribution in [0.3, 0.4) is 0 Å². The quantitative estimate of drug-likeness (QED) is 0.790. The number of fused-ring (bicyclic) bond motifs is 1. The third-order valence-electron chi connectivity index (χ3n) is 3.11. The zero-order valence-electron chi connectivity index (χ0n) is 10.9. The highest BCUT2D eigenvalue weighted by atomic mass is 16.4. The summed E-state index contributed by atoms with van der Waals surface area (Å²) in [4.78, 5) is 15.2. The van der Waals surface area contributed by atoms with Crippen molar-refractivity contribution in [3.05, 3.63) is 48.3 Å². The number of aromatic nitrogens is 3. The molecule has 0 saturated carbocycles. The molecule has 5 heteroatoms. The van der Waals surface area contributed by atoms with Crippen LogP contribution < -0.4 is 0 Å². The highest BCUT2D eigenvalue weighted by molar-refractivity contribution is 5.84. The van der Waals surface area contributed by atoms with Crippen molar-refractivity contribution < 1.29 is 9.90 Å². The summed E-state index contributed by atoms with van der Waals surface area (Å²) < 4.78 is 1.74. The summed E-state index contributed by atoms with van der Waals surface area (Å²) >= 11 is 0. The summed E-state index contributed by atoms with van der Waals surface area (Å²) in [7, 11) is 1.86. The molecular formula is C15H13N3O2. The number of hydrogen-bond acceptors (Lipinski definition) is 3. The molecule has 5 nitrogen and oxygen atoms in total. The zero-order chi connectivity index (χ0) is 14.1. The average Bonchev–Trinajstić information content (AvgIpc) is 2.84. The highest BCUT2D eigenvalue weighted by Crippen LogP contribution is 2.22. The van der Waals surface area contributed by atoms with Gasteiger partial charge in [-0.15, -0.1) is 0 Å². The molecule has 1 aromatic carbocycles. The van der Waals surface area contributed by atoms with E-state index < -0.39 is 5.97 Å². The predicted molar refractivity (Wildman–Crippen MR) is 75.3 cm³/mol. The first-order valence-corrected chi connectivity index (χ1v) is 6.22. The second-order valence-electron chi connectivity index (χ2n) is 4.70.